The molecule has 0 spiro atoms. The van der Waals surface area contributed by atoms with E-state index in [9.17, 15) is 0 Å². The number of hydrogen-bond donors (Lipinski definition) is 0. The first-order valence-electron chi connectivity index (χ1n) is 5.22. The molecule has 4 heteroatoms. The Kier molecular flexibility index (Phi) is 3.21. The molecule has 0 amide bonds. The van der Waals surface area contributed by atoms with E-state index in [0.717, 1.165) is 28.6 Å². The Labute approximate surface area is 99.8 Å². The molecule has 15 heavy (non-hydrogen) atoms. The highest BCUT2D eigenvalue weighted by molar-refractivity contribution is 7.98. The quantitative estimate of drug-likeness (QED) is 0.741. The third-order valence-corrected chi connectivity index (χ3v) is 4.24. The summed E-state index contributed by atoms with van der Waals surface area (Å²) in [5, 5.41) is 0.660. The summed E-state index contributed by atoms with van der Waals surface area (Å²) >= 11 is 8.02. The molecule has 0 aromatic carbocycles. The molecule has 0 fully saturated rings. The van der Waals surface area contributed by atoms with Crippen LogP contribution in [-0.4, -0.2) is 9.97 Å². The number of rotatable bonds is 2. The summed E-state index contributed by atoms with van der Waals surface area (Å²) in [6.07, 6.45) is 0. The zero-order chi connectivity index (χ0) is 11.0. The van der Waals surface area contributed by atoms with Gasteiger partial charge in [0.05, 0.1) is 5.69 Å². The lowest BCUT2D eigenvalue weighted by molar-refractivity contribution is 0.508. The van der Waals surface area contributed by atoms with Crippen LogP contribution in [0.25, 0.3) is 0 Å². The van der Waals surface area contributed by atoms with Crippen LogP contribution >= 0.6 is 23.4 Å². The van der Waals surface area contributed by atoms with Gasteiger partial charge >= 0.3 is 0 Å². The number of fused-ring (bicyclic) bond motifs is 1. The van der Waals surface area contributed by atoms with Crippen molar-refractivity contribution in [2.45, 2.75) is 38.2 Å². The summed E-state index contributed by atoms with van der Waals surface area (Å²) in [4.78, 5) is 9.03. The van der Waals surface area contributed by atoms with E-state index in [1.54, 1.807) is 0 Å². The summed E-state index contributed by atoms with van der Waals surface area (Å²) in [6.45, 7) is 6.53. The molecular formula is C11H15ClN2S. The number of thioether (sulfide) groups is 1. The summed E-state index contributed by atoms with van der Waals surface area (Å²) in [5.41, 5.74) is 2.28. The van der Waals surface area contributed by atoms with Crippen LogP contribution in [0.15, 0.2) is 0 Å². The lowest BCUT2D eigenvalue weighted by Gasteiger charge is -2.15. The molecule has 0 bridgehead atoms. The zero-order valence-electron chi connectivity index (χ0n) is 9.25. The maximum absolute atomic E-state index is 6.16. The van der Waals surface area contributed by atoms with Gasteiger partial charge in [-0.1, -0.05) is 32.4 Å². The van der Waals surface area contributed by atoms with Crippen molar-refractivity contribution in [3.05, 3.63) is 22.2 Å². The molecule has 0 saturated heterocycles. The van der Waals surface area contributed by atoms with Crippen LogP contribution in [0, 0.1) is 5.92 Å². The smallest absolute Gasteiger partial charge is 0.137 e. The molecule has 1 aromatic heterocycles. The molecule has 82 valence electrons. The first kappa shape index (κ1) is 11.2. The minimum atomic E-state index is 0.374. The molecule has 1 aliphatic heterocycles. The van der Waals surface area contributed by atoms with Gasteiger partial charge in [-0.05, 0) is 5.92 Å². The van der Waals surface area contributed by atoms with E-state index in [-0.39, 0.29) is 0 Å². The van der Waals surface area contributed by atoms with Gasteiger partial charge in [-0.15, -0.1) is 0 Å². The predicted octanol–water partition coefficient (Wildman–Crippen LogP) is 3.64. The first-order chi connectivity index (χ1) is 7.09. The second-order valence-electron chi connectivity index (χ2n) is 4.32. The van der Waals surface area contributed by atoms with Crippen LogP contribution in [0.5, 0.6) is 0 Å². The van der Waals surface area contributed by atoms with Crippen molar-refractivity contribution < 1.29 is 0 Å². The van der Waals surface area contributed by atoms with Gasteiger partial charge in [-0.2, -0.15) is 11.8 Å². The lowest BCUT2D eigenvalue weighted by Crippen LogP contribution is -2.09. The lowest BCUT2D eigenvalue weighted by atomic mass is 9.97. The molecule has 1 aliphatic rings. The van der Waals surface area contributed by atoms with Gasteiger partial charge in [-0.3, -0.25) is 0 Å². The molecule has 0 saturated carbocycles. The Bertz CT molecular complexity index is 379. The third kappa shape index (κ3) is 2.13. The molecule has 2 rings (SSSR count). The summed E-state index contributed by atoms with van der Waals surface area (Å²) in [5.74, 6) is 3.77. The van der Waals surface area contributed by atoms with E-state index < -0.39 is 0 Å². The van der Waals surface area contributed by atoms with E-state index in [1.807, 2.05) is 11.8 Å². The van der Waals surface area contributed by atoms with Crippen LogP contribution in [0.3, 0.4) is 0 Å². The van der Waals surface area contributed by atoms with Crippen molar-refractivity contribution in [2.24, 2.45) is 5.92 Å². The fraction of sp³-hybridized carbons (Fsp3) is 0.636. The molecule has 2 nitrogen and oxygen atoms in total. The Morgan fingerprint density at radius 3 is 2.60 bits per heavy atom. The zero-order valence-corrected chi connectivity index (χ0v) is 10.8. The summed E-state index contributed by atoms with van der Waals surface area (Å²) in [6, 6.07) is 0. The molecule has 1 aromatic rings. The van der Waals surface area contributed by atoms with Gasteiger partial charge in [0.1, 0.15) is 11.0 Å². The van der Waals surface area contributed by atoms with Crippen molar-refractivity contribution in [3.8, 4) is 0 Å². The Morgan fingerprint density at radius 1 is 1.20 bits per heavy atom. The van der Waals surface area contributed by atoms with E-state index in [1.165, 1.54) is 0 Å². The second-order valence-corrected chi connectivity index (χ2v) is 5.67. The first-order valence-corrected chi connectivity index (χ1v) is 6.75. The molecular weight excluding hydrogens is 228 g/mol. The SMILES string of the molecule is CC(C)C(C)c1nc(Cl)c2c(n1)CSC2. The molecule has 0 aliphatic carbocycles. The Hall–Kier alpha value is -0.280. The number of hydrogen-bond acceptors (Lipinski definition) is 3. The summed E-state index contributed by atoms with van der Waals surface area (Å²) in [7, 11) is 0. The fourth-order valence-corrected chi connectivity index (χ4v) is 2.92. The van der Waals surface area contributed by atoms with Crippen LogP contribution in [-0.2, 0) is 11.5 Å². The highest BCUT2D eigenvalue weighted by Gasteiger charge is 2.21. The molecule has 0 radical (unpaired) electrons. The average molecular weight is 243 g/mol. The highest BCUT2D eigenvalue weighted by atomic mass is 35.5. The monoisotopic (exact) mass is 242 g/mol. The van der Waals surface area contributed by atoms with Gasteiger partial charge in [0.15, 0.2) is 0 Å². The highest BCUT2D eigenvalue weighted by Crippen LogP contribution is 2.34. The van der Waals surface area contributed by atoms with Gasteiger partial charge in [0, 0.05) is 23.0 Å². The maximum atomic E-state index is 6.16. The van der Waals surface area contributed by atoms with Crippen molar-refractivity contribution in [2.75, 3.05) is 0 Å². The molecule has 1 unspecified atom stereocenters. The van der Waals surface area contributed by atoms with Gasteiger partial charge in [0.2, 0.25) is 0 Å². The van der Waals surface area contributed by atoms with Gasteiger partial charge in [0.25, 0.3) is 0 Å². The number of aromatic nitrogens is 2. The van der Waals surface area contributed by atoms with Crippen LogP contribution in [0.2, 0.25) is 5.15 Å². The Balaban J connectivity index is 2.39. The van der Waals surface area contributed by atoms with E-state index in [0.29, 0.717) is 17.0 Å². The van der Waals surface area contributed by atoms with Crippen molar-refractivity contribution >= 4 is 23.4 Å². The van der Waals surface area contributed by atoms with E-state index in [2.05, 4.69) is 30.7 Å². The minimum Gasteiger partial charge on any atom is -0.236 e. The summed E-state index contributed by atoms with van der Waals surface area (Å²) < 4.78 is 0. The van der Waals surface area contributed by atoms with Gasteiger partial charge < -0.3 is 0 Å². The largest absolute Gasteiger partial charge is 0.236 e. The fourth-order valence-electron chi connectivity index (χ4n) is 1.53. The minimum absolute atomic E-state index is 0.374. The normalized spacial score (nSPS) is 16.9. The van der Waals surface area contributed by atoms with E-state index >= 15 is 0 Å². The van der Waals surface area contributed by atoms with Gasteiger partial charge in [-0.25, -0.2) is 9.97 Å². The topological polar surface area (TPSA) is 25.8 Å². The standard InChI is InChI=1S/C11H15ClN2S/c1-6(2)7(3)11-13-9-5-15-4-8(9)10(12)14-11/h6-7H,4-5H2,1-3H3. The number of halogens is 1. The third-order valence-electron chi connectivity index (χ3n) is 2.95. The van der Waals surface area contributed by atoms with Crippen LogP contribution < -0.4 is 0 Å². The molecule has 0 N–H and O–H groups in total. The Morgan fingerprint density at radius 2 is 1.93 bits per heavy atom. The maximum Gasteiger partial charge on any atom is 0.137 e. The predicted molar refractivity (Wildman–Crippen MR) is 65.3 cm³/mol. The number of nitrogens with zero attached hydrogens (tertiary/aromatic N) is 2. The van der Waals surface area contributed by atoms with Crippen LogP contribution in [0.1, 0.15) is 43.8 Å². The molecule has 2 heterocycles. The van der Waals surface area contributed by atoms with Crippen molar-refractivity contribution in [1.82, 2.24) is 9.97 Å². The van der Waals surface area contributed by atoms with Crippen LogP contribution in [0.4, 0.5) is 0 Å². The average Bonchev–Trinajstić information content (AvgIpc) is 2.64. The van der Waals surface area contributed by atoms with E-state index in [4.69, 9.17) is 11.6 Å². The van der Waals surface area contributed by atoms with Crippen molar-refractivity contribution in [3.63, 3.8) is 0 Å². The van der Waals surface area contributed by atoms with Crippen molar-refractivity contribution in [1.29, 1.82) is 0 Å². The molecule has 1 atom stereocenters. The second kappa shape index (κ2) is 4.30.